The fraction of sp³-hybridized carbons (Fsp3) is 0.417. The topological polar surface area (TPSA) is 30.2 Å². The van der Waals surface area contributed by atoms with Crippen LogP contribution in [0.4, 0.5) is 5.69 Å². The molecule has 0 amide bonds. The van der Waals surface area contributed by atoms with Gasteiger partial charge in [0.25, 0.3) is 0 Å². The average Bonchev–Trinajstić information content (AvgIpc) is 2.43. The summed E-state index contributed by atoms with van der Waals surface area (Å²) < 4.78 is 3.39. The van der Waals surface area contributed by atoms with Crippen molar-refractivity contribution in [3.63, 3.8) is 0 Å². The lowest BCUT2D eigenvalue weighted by Crippen LogP contribution is -2.19. The molecule has 0 aliphatic carbocycles. The van der Waals surface area contributed by atoms with Crippen LogP contribution in [-0.2, 0) is 14.1 Å². The van der Waals surface area contributed by atoms with E-state index in [2.05, 4.69) is 6.07 Å². The van der Waals surface area contributed by atoms with Crippen molar-refractivity contribution in [2.45, 2.75) is 6.92 Å². The van der Waals surface area contributed by atoms with E-state index < -0.39 is 0 Å². The number of fused-ring (bicyclic) bond motifs is 1. The van der Waals surface area contributed by atoms with Gasteiger partial charge in [-0.2, -0.15) is 0 Å². The third-order valence-electron chi connectivity index (χ3n) is 2.97. The van der Waals surface area contributed by atoms with Gasteiger partial charge in [-0.05, 0) is 24.6 Å². The molecule has 1 aromatic heterocycles. The van der Waals surface area contributed by atoms with Crippen molar-refractivity contribution in [1.82, 2.24) is 9.13 Å². The largest absolute Gasteiger partial charge is 0.376 e. The molecule has 0 radical (unpaired) electrons. The van der Waals surface area contributed by atoms with Gasteiger partial charge in [-0.15, -0.1) is 0 Å². The maximum absolute atomic E-state index is 11.9. The first-order valence-corrected chi connectivity index (χ1v) is 5.27. The second-order valence-corrected chi connectivity index (χ2v) is 4.45. The Hall–Kier alpha value is -1.71. The van der Waals surface area contributed by atoms with Crippen LogP contribution in [0.1, 0.15) is 5.56 Å². The highest BCUT2D eigenvalue weighted by atomic mass is 16.1. The molecule has 0 unspecified atom stereocenters. The predicted molar refractivity (Wildman–Crippen MR) is 67.2 cm³/mol. The molecule has 2 aromatic rings. The summed E-state index contributed by atoms with van der Waals surface area (Å²) in [7, 11) is 7.61. The monoisotopic (exact) mass is 219 g/mol. The molecule has 2 rings (SSSR count). The van der Waals surface area contributed by atoms with E-state index in [0.717, 1.165) is 22.3 Å². The quantitative estimate of drug-likeness (QED) is 0.722. The lowest BCUT2D eigenvalue weighted by atomic mass is 10.1. The summed E-state index contributed by atoms with van der Waals surface area (Å²) in [5.41, 5.74) is 4.23. The van der Waals surface area contributed by atoms with Crippen LogP contribution in [0.5, 0.6) is 0 Å². The molecule has 16 heavy (non-hydrogen) atoms. The number of aromatic nitrogens is 2. The van der Waals surface area contributed by atoms with Crippen molar-refractivity contribution < 1.29 is 0 Å². The highest BCUT2D eigenvalue weighted by molar-refractivity contribution is 5.90. The molecular formula is C12H17N3O. The number of hydrogen-bond donors (Lipinski definition) is 0. The van der Waals surface area contributed by atoms with Crippen LogP contribution in [0.2, 0.25) is 0 Å². The standard InChI is InChI=1S/C12H17N3O/c1-8-6-9(13(2)3)11-10(7-8)14(4)12(16)15(11)5/h6-7H,1-5H3. The smallest absolute Gasteiger partial charge is 0.328 e. The Balaban J connectivity index is 3.02. The fourth-order valence-electron chi connectivity index (χ4n) is 2.10. The summed E-state index contributed by atoms with van der Waals surface area (Å²) in [6.45, 7) is 2.05. The summed E-state index contributed by atoms with van der Waals surface area (Å²) >= 11 is 0. The van der Waals surface area contributed by atoms with Crippen molar-refractivity contribution >= 4 is 16.7 Å². The summed E-state index contributed by atoms with van der Waals surface area (Å²) in [6.07, 6.45) is 0. The number of hydrogen-bond acceptors (Lipinski definition) is 2. The van der Waals surface area contributed by atoms with Gasteiger partial charge in [-0.3, -0.25) is 9.13 Å². The lowest BCUT2D eigenvalue weighted by Gasteiger charge is -2.15. The molecular weight excluding hydrogens is 202 g/mol. The molecule has 0 spiro atoms. The van der Waals surface area contributed by atoms with E-state index in [1.807, 2.05) is 46.1 Å². The number of imidazole rings is 1. The predicted octanol–water partition coefficient (Wildman–Crippen LogP) is 1.25. The van der Waals surface area contributed by atoms with Crippen molar-refractivity contribution in [3.8, 4) is 0 Å². The van der Waals surface area contributed by atoms with E-state index in [4.69, 9.17) is 0 Å². The zero-order valence-corrected chi connectivity index (χ0v) is 10.4. The Bertz CT molecular complexity index is 605. The normalized spacial score (nSPS) is 11.1. The molecule has 4 heteroatoms. The van der Waals surface area contributed by atoms with Gasteiger partial charge in [0, 0.05) is 28.2 Å². The van der Waals surface area contributed by atoms with Gasteiger partial charge in [0.15, 0.2) is 0 Å². The van der Waals surface area contributed by atoms with Gasteiger partial charge in [0.2, 0.25) is 0 Å². The molecule has 1 heterocycles. The number of benzene rings is 1. The van der Waals surface area contributed by atoms with Crippen LogP contribution in [-0.4, -0.2) is 23.2 Å². The SMILES string of the molecule is Cc1cc(N(C)C)c2c(c1)n(C)c(=O)n2C. The first kappa shape index (κ1) is 10.8. The lowest BCUT2D eigenvalue weighted by molar-refractivity contribution is 0.794. The van der Waals surface area contributed by atoms with Crippen LogP contribution >= 0.6 is 0 Å². The summed E-state index contributed by atoms with van der Waals surface area (Å²) in [5.74, 6) is 0. The Morgan fingerprint density at radius 2 is 1.75 bits per heavy atom. The minimum Gasteiger partial charge on any atom is -0.376 e. The number of rotatable bonds is 1. The molecule has 0 aliphatic rings. The minimum atomic E-state index is 0.0173. The minimum absolute atomic E-state index is 0.0173. The second-order valence-electron chi connectivity index (χ2n) is 4.45. The van der Waals surface area contributed by atoms with E-state index >= 15 is 0 Å². The van der Waals surface area contributed by atoms with Gasteiger partial charge in [0.05, 0.1) is 16.7 Å². The van der Waals surface area contributed by atoms with E-state index in [9.17, 15) is 4.79 Å². The number of aryl methyl sites for hydroxylation is 3. The maximum Gasteiger partial charge on any atom is 0.328 e. The Morgan fingerprint density at radius 3 is 2.31 bits per heavy atom. The van der Waals surface area contributed by atoms with Crippen LogP contribution in [0.3, 0.4) is 0 Å². The summed E-state index contributed by atoms with van der Waals surface area (Å²) in [6, 6.07) is 4.14. The molecule has 0 saturated carbocycles. The van der Waals surface area contributed by atoms with E-state index in [1.54, 1.807) is 9.13 Å². The number of nitrogens with zero attached hydrogens (tertiary/aromatic N) is 3. The van der Waals surface area contributed by atoms with Gasteiger partial charge in [-0.25, -0.2) is 4.79 Å². The maximum atomic E-state index is 11.9. The Kier molecular flexibility index (Phi) is 2.30. The molecule has 86 valence electrons. The van der Waals surface area contributed by atoms with Crippen molar-refractivity contribution in [1.29, 1.82) is 0 Å². The molecule has 0 fully saturated rings. The highest BCUT2D eigenvalue weighted by Crippen LogP contribution is 2.25. The Morgan fingerprint density at radius 1 is 1.12 bits per heavy atom. The van der Waals surface area contributed by atoms with Crippen molar-refractivity contribution in [2.24, 2.45) is 14.1 Å². The molecule has 0 saturated heterocycles. The van der Waals surface area contributed by atoms with Crippen LogP contribution in [0.25, 0.3) is 11.0 Å². The molecule has 0 N–H and O–H groups in total. The van der Waals surface area contributed by atoms with Crippen LogP contribution in [0, 0.1) is 6.92 Å². The summed E-state index contributed by atoms with van der Waals surface area (Å²) in [4.78, 5) is 13.9. The Labute approximate surface area is 94.7 Å². The summed E-state index contributed by atoms with van der Waals surface area (Å²) in [5, 5.41) is 0. The van der Waals surface area contributed by atoms with Gasteiger partial charge in [0.1, 0.15) is 0 Å². The number of anilines is 1. The van der Waals surface area contributed by atoms with E-state index in [-0.39, 0.29) is 5.69 Å². The van der Waals surface area contributed by atoms with E-state index in [1.165, 1.54) is 0 Å². The molecule has 1 aromatic carbocycles. The van der Waals surface area contributed by atoms with Crippen molar-refractivity contribution in [2.75, 3.05) is 19.0 Å². The van der Waals surface area contributed by atoms with E-state index in [0.29, 0.717) is 0 Å². The van der Waals surface area contributed by atoms with Crippen LogP contribution in [0.15, 0.2) is 16.9 Å². The van der Waals surface area contributed by atoms with Crippen LogP contribution < -0.4 is 10.6 Å². The molecule has 0 atom stereocenters. The zero-order valence-electron chi connectivity index (χ0n) is 10.4. The molecule has 0 bridgehead atoms. The zero-order chi connectivity index (χ0) is 12.0. The first-order chi connectivity index (χ1) is 7.43. The highest BCUT2D eigenvalue weighted by Gasteiger charge is 2.13. The molecule has 4 nitrogen and oxygen atoms in total. The third-order valence-corrected chi connectivity index (χ3v) is 2.97. The fourth-order valence-corrected chi connectivity index (χ4v) is 2.10. The third kappa shape index (κ3) is 1.33. The van der Waals surface area contributed by atoms with Crippen molar-refractivity contribution in [3.05, 3.63) is 28.2 Å². The first-order valence-electron chi connectivity index (χ1n) is 5.27. The van der Waals surface area contributed by atoms with Gasteiger partial charge in [-0.1, -0.05) is 0 Å². The average molecular weight is 219 g/mol. The second kappa shape index (κ2) is 3.40. The van der Waals surface area contributed by atoms with Gasteiger partial charge < -0.3 is 4.90 Å². The molecule has 0 aliphatic heterocycles. The van der Waals surface area contributed by atoms with Gasteiger partial charge >= 0.3 is 5.69 Å².